The van der Waals surface area contributed by atoms with Crippen LogP contribution in [0.4, 0.5) is 4.39 Å². The van der Waals surface area contributed by atoms with Crippen LogP contribution in [0.25, 0.3) is 10.2 Å². The summed E-state index contributed by atoms with van der Waals surface area (Å²) in [5.74, 6) is 0.00695. The predicted octanol–water partition coefficient (Wildman–Crippen LogP) is 4.16. The molecule has 0 saturated heterocycles. The highest BCUT2D eigenvalue weighted by atomic mass is 32.2. The molecule has 1 aliphatic rings. The fourth-order valence-electron chi connectivity index (χ4n) is 3.39. The van der Waals surface area contributed by atoms with Crippen molar-refractivity contribution in [3.05, 3.63) is 52.4 Å². The smallest absolute Gasteiger partial charge is 0.230 e. The zero-order valence-electron chi connectivity index (χ0n) is 14.8. The number of fused-ring (bicyclic) bond motifs is 3. The highest BCUT2D eigenvalue weighted by Gasteiger charge is 2.20. The molecule has 0 unspecified atom stereocenters. The Kier molecular flexibility index (Phi) is 5.69. The van der Waals surface area contributed by atoms with E-state index in [2.05, 4.69) is 15.3 Å². The quantitative estimate of drug-likeness (QED) is 0.498. The second kappa shape index (κ2) is 8.35. The number of nitrogens with one attached hydrogen (secondary N) is 1. The first-order chi connectivity index (χ1) is 13.2. The summed E-state index contributed by atoms with van der Waals surface area (Å²) in [6.45, 7) is 0.424. The minimum Gasteiger partial charge on any atom is -0.355 e. The van der Waals surface area contributed by atoms with Gasteiger partial charge in [0.25, 0.3) is 0 Å². The molecule has 0 fully saturated rings. The van der Waals surface area contributed by atoms with Gasteiger partial charge in [-0.15, -0.1) is 11.3 Å². The van der Waals surface area contributed by atoms with Gasteiger partial charge in [0.05, 0.1) is 5.75 Å². The number of thioether (sulfide) groups is 1. The Morgan fingerprint density at radius 1 is 1.22 bits per heavy atom. The number of carbonyl (C=O) groups is 1. The van der Waals surface area contributed by atoms with Crippen LogP contribution in [0.15, 0.2) is 35.6 Å². The SMILES string of the molecule is O=C(CSc1ncnc2sc3c(c12)CCCC3)NCCc1ccccc1F. The number of nitrogens with zero attached hydrogens (tertiary/aromatic N) is 2. The highest BCUT2D eigenvalue weighted by Crippen LogP contribution is 2.39. The summed E-state index contributed by atoms with van der Waals surface area (Å²) in [4.78, 5) is 23.5. The lowest BCUT2D eigenvalue weighted by Gasteiger charge is -2.11. The fraction of sp³-hybridized carbons (Fsp3) is 0.350. The van der Waals surface area contributed by atoms with Crippen molar-refractivity contribution in [3.63, 3.8) is 0 Å². The second-order valence-electron chi connectivity index (χ2n) is 6.55. The van der Waals surface area contributed by atoms with Crippen LogP contribution in [-0.4, -0.2) is 28.2 Å². The topological polar surface area (TPSA) is 54.9 Å². The number of aryl methyl sites for hydroxylation is 2. The molecule has 7 heteroatoms. The van der Waals surface area contributed by atoms with Gasteiger partial charge in [0.15, 0.2) is 0 Å². The maximum atomic E-state index is 13.6. The molecule has 1 N–H and O–H groups in total. The first kappa shape index (κ1) is 18.4. The average Bonchev–Trinajstić information content (AvgIpc) is 3.07. The van der Waals surface area contributed by atoms with Crippen LogP contribution in [0.3, 0.4) is 0 Å². The van der Waals surface area contributed by atoms with E-state index in [4.69, 9.17) is 0 Å². The molecule has 1 aromatic carbocycles. The monoisotopic (exact) mass is 401 g/mol. The maximum absolute atomic E-state index is 13.6. The Labute approximate surface area is 165 Å². The fourth-order valence-corrected chi connectivity index (χ4v) is 5.54. The molecule has 140 valence electrons. The molecule has 0 radical (unpaired) electrons. The normalized spacial score (nSPS) is 13.5. The van der Waals surface area contributed by atoms with E-state index in [-0.39, 0.29) is 11.7 Å². The molecule has 1 aliphatic carbocycles. The van der Waals surface area contributed by atoms with E-state index >= 15 is 0 Å². The Morgan fingerprint density at radius 2 is 2.07 bits per heavy atom. The van der Waals surface area contributed by atoms with Gasteiger partial charge in [-0.2, -0.15) is 0 Å². The maximum Gasteiger partial charge on any atom is 0.230 e. The number of amides is 1. The number of hydrogen-bond donors (Lipinski definition) is 1. The minimum atomic E-state index is -0.230. The molecule has 2 aromatic heterocycles. The first-order valence-corrected chi connectivity index (χ1v) is 10.9. The number of rotatable bonds is 6. The molecule has 0 atom stereocenters. The van der Waals surface area contributed by atoms with Gasteiger partial charge >= 0.3 is 0 Å². The van der Waals surface area contributed by atoms with E-state index in [1.54, 1.807) is 35.9 Å². The predicted molar refractivity (Wildman–Crippen MR) is 108 cm³/mol. The van der Waals surface area contributed by atoms with Gasteiger partial charge in [-0.1, -0.05) is 30.0 Å². The van der Waals surface area contributed by atoms with Gasteiger partial charge in [0.2, 0.25) is 5.91 Å². The van der Waals surface area contributed by atoms with E-state index in [1.807, 2.05) is 0 Å². The van der Waals surface area contributed by atoms with E-state index < -0.39 is 0 Å². The molecule has 0 bridgehead atoms. The number of benzene rings is 1. The zero-order valence-corrected chi connectivity index (χ0v) is 16.5. The van der Waals surface area contributed by atoms with Crippen molar-refractivity contribution >= 4 is 39.2 Å². The summed E-state index contributed by atoms with van der Waals surface area (Å²) in [5.41, 5.74) is 2.00. The molecular formula is C20H20FN3OS2. The lowest BCUT2D eigenvalue weighted by atomic mass is 9.97. The van der Waals surface area contributed by atoms with Crippen molar-refractivity contribution in [2.75, 3.05) is 12.3 Å². The highest BCUT2D eigenvalue weighted by molar-refractivity contribution is 8.00. The summed E-state index contributed by atoms with van der Waals surface area (Å²) in [6.07, 6.45) is 6.71. The van der Waals surface area contributed by atoms with Gasteiger partial charge in [-0.05, 0) is 49.3 Å². The van der Waals surface area contributed by atoms with Crippen molar-refractivity contribution in [2.24, 2.45) is 0 Å². The Hall–Kier alpha value is -1.99. The van der Waals surface area contributed by atoms with Crippen molar-refractivity contribution in [2.45, 2.75) is 37.1 Å². The number of thiophene rings is 1. The van der Waals surface area contributed by atoms with E-state index in [0.717, 1.165) is 28.1 Å². The van der Waals surface area contributed by atoms with E-state index in [0.29, 0.717) is 24.3 Å². The lowest BCUT2D eigenvalue weighted by Crippen LogP contribution is -2.27. The summed E-state index contributed by atoms with van der Waals surface area (Å²) < 4.78 is 13.6. The standard InChI is InChI=1S/C20H20FN3OS2/c21-15-7-3-1-5-13(15)9-10-22-17(25)11-26-19-18-14-6-2-4-8-16(14)27-20(18)24-12-23-19/h1,3,5,7,12H,2,4,6,8-11H2,(H,22,25). The van der Waals surface area contributed by atoms with Gasteiger partial charge in [0, 0.05) is 16.8 Å². The largest absolute Gasteiger partial charge is 0.355 e. The molecule has 1 amide bonds. The third-order valence-electron chi connectivity index (χ3n) is 4.73. The van der Waals surface area contributed by atoms with Crippen LogP contribution in [0.1, 0.15) is 28.8 Å². The molecule has 2 heterocycles. The molecule has 4 rings (SSSR count). The third kappa shape index (κ3) is 4.14. The Morgan fingerprint density at radius 3 is 2.96 bits per heavy atom. The minimum absolute atomic E-state index is 0.0628. The van der Waals surface area contributed by atoms with Crippen molar-refractivity contribution in [1.29, 1.82) is 0 Å². The molecule has 0 aliphatic heterocycles. The van der Waals surface area contributed by atoms with Crippen LogP contribution >= 0.6 is 23.1 Å². The van der Waals surface area contributed by atoms with Crippen molar-refractivity contribution < 1.29 is 9.18 Å². The zero-order chi connectivity index (χ0) is 18.6. The van der Waals surface area contributed by atoms with Gasteiger partial charge < -0.3 is 5.32 Å². The van der Waals surface area contributed by atoms with Gasteiger partial charge in [-0.25, -0.2) is 14.4 Å². The molecular weight excluding hydrogens is 381 g/mol. The Balaban J connectivity index is 1.36. The summed E-state index contributed by atoms with van der Waals surface area (Å²) >= 11 is 3.21. The van der Waals surface area contributed by atoms with E-state index in [9.17, 15) is 9.18 Å². The number of hydrogen-bond acceptors (Lipinski definition) is 5. The summed E-state index contributed by atoms with van der Waals surface area (Å²) in [5, 5.41) is 4.90. The summed E-state index contributed by atoms with van der Waals surface area (Å²) in [6, 6.07) is 6.65. The number of carbonyl (C=O) groups excluding carboxylic acids is 1. The number of aromatic nitrogens is 2. The van der Waals surface area contributed by atoms with Gasteiger partial charge in [0.1, 0.15) is 22.0 Å². The van der Waals surface area contributed by atoms with Crippen LogP contribution in [0.5, 0.6) is 0 Å². The van der Waals surface area contributed by atoms with Crippen LogP contribution in [0.2, 0.25) is 0 Å². The molecule has 27 heavy (non-hydrogen) atoms. The lowest BCUT2D eigenvalue weighted by molar-refractivity contribution is -0.118. The van der Waals surface area contributed by atoms with Gasteiger partial charge in [-0.3, -0.25) is 4.79 Å². The third-order valence-corrected chi connectivity index (χ3v) is 6.92. The molecule has 0 spiro atoms. The number of halogens is 1. The molecule has 4 nitrogen and oxygen atoms in total. The first-order valence-electron chi connectivity index (χ1n) is 9.10. The molecule has 0 saturated carbocycles. The molecule has 3 aromatic rings. The van der Waals surface area contributed by atoms with Crippen LogP contribution in [0, 0.1) is 5.82 Å². The van der Waals surface area contributed by atoms with E-state index in [1.165, 1.54) is 41.1 Å². The van der Waals surface area contributed by atoms with Crippen LogP contribution in [-0.2, 0) is 24.1 Å². The van der Waals surface area contributed by atoms with Crippen LogP contribution < -0.4 is 5.32 Å². The van der Waals surface area contributed by atoms with Crippen molar-refractivity contribution in [1.82, 2.24) is 15.3 Å². The average molecular weight is 402 g/mol. The van der Waals surface area contributed by atoms with Crippen molar-refractivity contribution in [3.8, 4) is 0 Å². The Bertz CT molecular complexity index is 973. The summed E-state index contributed by atoms with van der Waals surface area (Å²) in [7, 11) is 0. The second-order valence-corrected chi connectivity index (χ2v) is 8.60.